The Balaban J connectivity index is 2.12. The van der Waals surface area contributed by atoms with Gasteiger partial charge in [-0.05, 0) is 19.1 Å². The van der Waals surface area contributed by atoms with Crippen LogP contribution in [-0.2, 0) is 4.79 Å². The van der Waals surface area contributed by atoms with Gasteiger partial charge in [-0.2, -0.15) is 0 Å². The number of benzene rings is 2. The molecule has 1 heterocycles. The van der Waals surface area contributed by atoms with Crippen molar-refractivity contribution < 1.29 is 14.7 Å². The van der Waals surface area contributed by atoms with Crippen LogP contribution in [-0.4, -0.2) is 31.0 Å². The molecule has 4 heteroatoms. The molecule has 23 heavy (non-hydrogen) atoms. The maximum absolute atomic E-state index is 12.6. The van der Waals surface area contributed by atoms with E-state index in [1.807, 2.05) is 38.4 Å². The van der Waals surface area contributed by atoms with Crippen LogP contribution in [0.4, 0.5) is 5.69 Å². The topological polar surface area (TPSA) is 54.4 Å². The van der Waals surface area contributed by atoms with Crippen molar-refractivity contribution >= 4 is 23.0 Å². The van der Waals surface area contributed by atoms with Crippen molar-refractivity contribution in [1.82, 2.24) is 4.48 Å². The lowest BCUT2D eigenvalue weighted by Crippen LogP contribution is -2.40. The van der Waals surface area contributed by atoms with E-state index >= 15 is 0 Å². The summed E-state index contributed by atoms with van der Waals surface area (Å²) in [5.41, 5.74) is 3.96. The fraction of sp³-hybridized carbons (Fsp3) is 0.158. The van der Waals surface area contributed by atoms with Gasteiger partial charge in [0.2, 0.25) is 5.70 Å². The first-order chi connectivity index (χ1) is 10.8. The van der Waals surface area contributed by atoms with Crippen LogP contribution in [0.2, 0.25) is 0 Å². The first-order valence-corrected chi connectivity index (χ1v) is 7.37. The highest BCUT2D eigenvalue weighted by Crippen LogP contribution is 2.43. The van der Waals surface area contributed by atoms with Gasteiger partial charge in [0, 0.05) is 28.3 Å². The second-order valence-electron chi connectivity index (χ2n) is 6.16. The number of carbonyl (C=O) groups is 2. The standard InChI is InChI=1S/C19H17NO3/c1-12-15-11-14(18(21)13-7-5-4-6-8-13)9-10-16(15)20(2,3)17(12)19(22)23/h4-11H,1-3H3/p+1. The third kappa shape index (κ3) is 2.28. The van der Waals surface area contributed by atoms with Crippen LogP contribution in [0.15, 0.2) is 54.2 Å². The molecule has 2 aromatic carbocycles. The van der Waals surface area contributed by atoms with Crippen LogP contribution in [0.3, 0.4) is 0 Å². The summed E-state index contributed by atoms with van der Waals surface area (Å²) in [4.78, 5) is 24.2. The highest BCUT2D eigenvalue weighted by molar-refractivity contribution is 6.11. The fourth-order valence-electron chi connectivity index (χ4n) is 3.29. The SMILES string of the molecule is CC1=C(C(=O)O)[N+](C)(C)c2ccc(C(=O)c3ccccc3)cc21. The van der Waals surface area contributed by atoms with E-state index in [4.69, 9.17) is 0 Å². The van der Waals surface area contributed by atoms with Crippen LogP contribution in [0.25, 0.3) is 5.57 Å². The number of carboxylic acids is 1. The first kappa shape index (κ1) is 15.2. The Bertz CT molecular complexity index is 848. The predicted molar refractivity (Wildman–Crippen MR) is 90.2 cm³/mol. The summed E-state index contributed by atoms with van der Waals surface area (Å²) in [7, 11) is 3.69. The van der Waals surface area contributed by atoms with Crippen molar-refractivity contribution in [3.05, 3.63) is 70.9 Å². The summed E-state index contributed by atoms with van der Waals surface area (Å²) >= 11 is 0. The predicted octanol–water partition coefficient (Wildman–Crippen LogP) is 3.31. The number of nitrogens with zero attached hydrogens (tertiary/aromatic N) is 1. The quantitative estimate of drug-likeness (QED) is 0.699. The van der Waals surface area contributed by atoms with E-state index in [9.17, 15) is 14.7 Å². The number of carboxylic acid groups (broad SMARTS) is 1. The molecular weight excluding hydrogens is 290 g/mol. The molecule has 0 radical (unpaired) electrons. The van der Waals surface area contributed by atoms with E-state index < -0.39 is 5.97 Å². The first-order valence-electron chi connectivity index (χ1n) is 7.37. The van der Waals surface area contributed by atoms with Gasteiger partial charge in [-0.15, -0.1) is 0 Å². The van der Waals surface area contributed by atoms with Crippen LogP contribution >= 0.6 is 0 Å². The number of rotatable bonds is 3. The maximum atomic E-state index is 12.6. The molecule has 0 spiro atoms. The van der Waals surface area contributed by atoms with Crippen molar-refractivity contribution in [1.29, 1.82) is 0 Å². The van der Waals surface area contributed by atoms with Gasteiger partial charge in [-0.25, -0.2) is 4.79 Å². The number of hydrogen-bond donors (Lipinski definition) is 1. The summed E-state index contributed by atoms with van der Waals surface area (Å²) in [6.07, 6.45) is 0. The highest BCUT2D eigenvalue weighted by atomic mass is 16.4. The van der Waals surface area contributed by atoms with Gasteiger partial charge in [0.05, 0.1) is 14.1 Å². The molecule has 0 fully saturated rings. The smallest absolute Gasteiger partial charge is 0.391 e. The van der Waals surface area contributed by atoms with Crippen molar-refractivity contribution in [2.75, 3.05) is 14.1 Å². The van der Waals surface area contributed by atoms with Crippen molar-refractivity contribution in [3.8, 4) is 0 Å². The van der Waals surface area contributed by atoms with Crippen LogP contribution in [0, 0.1) is 0 Å². The Morgan fingerprint density at radius 1 is 0.957 bits per heavy atom. The second kappa shape index (κ2) is 5.18. The van der Waals surface area contributed by atoms with Gasteiger partial charge in [-0.1, -0.05) is 30.3 Å². The van der Waals surface area contributed by atoms with Crippen molar-refractivity contribution in [2.24, 2.45) is 0 Å². The van der Waals surface area contributed by atoms with Gasteiger partial charge in [0.25, 0.3) is 0 Å². The number of quaternary nitrogens is 1. The van der Waals surface area contributed by atoms with Gasteiger partial charge < -0.3 is 5.11 Å². The Morgan fingerprint density at radius 2 is 1.61 bits per heavy atom. The zero-order valence-electron chi connectivity index (χ0n) is 13.3. The number of aliphatic carboxylic acids is 1. The molecule has 4 nitrogen and oxygen atoms in total. The maximum Gasteiger partial charge on any atom is 0.391 e. The molecule has 1 N–H and O–H groups in total. The normalized spacial score (nSPS) is 15.4. The van der Waals surface area contributed by atoms with E-state index in [1.54, 1.807) is 31.2 Å². The van der Waals surface area contributed by atoms with E-state index in [0.29, 0.717) is 22.4 Å². The highest BCUT2D eigenvalue weighted by Gasteiger charge is 2.42. The van der Waals surface area contributed by atoms with Crippen molar-refractivity contribution in [2.45, 2.75) is 6.92 Å². The summed E-state index contributed by atoms with van der Waals surface area (Å²) in [6, 6.07) is 14.5. The minimum absolute atomic E-state index is 0.0599. The van der Waals surface area contributed by atoms with E-state index in [-0.39, 0.29) is 10.3 Å². The largest absolute Gasteiger partial charge is 0.474 e. The Hall–Kier alpha value is -2.72. The molecular formula is C19H18NO3+. The number of fused-ring (bicyclic) bond motifs is 1. The lowest BCUT2D eigenvalue weighted by Gasteiger charge is -2.25. The molecule has 0 atom stereocenters. The van der Waals surface area contributed by atoms with E-state index in [0.717, 1.165) is 11.3 Å². The molecule has 0 unspecified atom stereocenters. The molecule has 0 bridgehead atoms. The number of carbonyl (C=O) groups excluding carboxylic acids is 1. The van der Waals surface area contributed by atoms with Crippen LogP contribution in [0.5, 0.6) is 0 Å². The Morgan fingerprint density at radius 3 is 2.22 bits per heavy atom. The molecule has 0 aliphatic carbocycles. The molecule has 1 aliphatic heterocycles. The lowest BCUT2D eigenvalue weighted by molar-refractivity contribution is -0.133. The van der Waals surface area contributed by atoms with Crippen LogP contribution in [0.1, 0.15) is 28.4 Å². The van der Waals surface area contributed by atoms with Gasteiger partial charge in [-0.3, -0.25) is 9.28 Å². The molecule has 0 saturated heterocycles. The lowest BCUT2D eigenvalue weighted by atomic mass is 9.98. The van der Waals surface area contributed by atoms with Crippen LogP contribution < -0.4 is 4.48 Å². The Kier molecular flexibility index (Phi) is 3.42. The monoisotopic (exact) mass is 308 g/mol. The third-order valence-electron chi connectivity index (χ3n) is 4.42. The molecule has 0 aromatic heterocycles. The average molecular weight is 308 g/mol. The molecule has 2 aromatic rings. The summed E-state index contributed by atoms with van der Waals surface area (Å²) < 4.78 is 0.177. The third-order valence-corrected chi connectivity index (χ3v) is 4.42. The average Bonchev–Trinajstić information content (AvgIpc) is 2.73. The molecule has 3 rings (SSSR count). The molecule has 1 aliphatic rings. The second-order valence-corrected chi connectivity index (χ2v) is 6.16. The fourth-order valence-corrected chi connectivity index (χ4v) is 3.29. The molecule has 116 valence electrons. The number of allylic oxidation sites excluding steroid dienone is 1. The zero-order valence-corrected chi connectivity index (χ0v) is 13.3. The zero-order chi connectivity index (χ0) is 16.8. The summed E-state index contributed by atoms with van der Waals surface area (Å²) in [5, 5.41) is 9.51. The van der Waals surface area contributed by atoms with Gasteiger partial charge in [0.1, 0.15) is 5.69 Å². The minimum Gasteiger partial charge on any atom is -0.474 e. The number of ketones is 1. The number of hydrogen-bond acceptors (Lipinski definition) is 2. The van der Waals surface area contributed by atoms with E-state index in [1.165, 1.54) is 0 Å². The molecule has 0 amide bonds. The summed E-state index contributed by atoms with van der Waals surface area (Å²) in [6.45, 7) is 1.80. The Labute approximate surface area is 134 Å². The summed E-state index contributed by atoms with van der Waals surface area (Å²) in [5.74, 6) is -0.991. The van der Waals surface area contributed by atoms with E-state index in [2.05, 4.69) is 0 Å². The number of likely N-dealkylation sites (N-methyl/N-ethyl adjacent to an activating group) is 1. The molecule has 0 saturated carbocycles. The van der Waals surface area contributed by atoms with Gasteiger partial charge >= 0.3 is 5.97 Å². The van der Waals surface area contributed by atoms with Gasteiger partial charge in [0.15, 0.2) is 5.78 Å². The minimum atomic E-state index is -0.931. The van der Waals surface area contributed by atoms with Crippen molar-refractivity contribution in [3.63, 3.8) is 0 Å².